The van der Waals surface area contributed by atoms with Crippen molar-refractivity contribution in [2.45, 2.75) is 38.6 Å². The second kappa shape index (κ2) is 3.42. The monoisotopic (exact) mass is 177 g/mol. The third-order valence-corrected chi connectivity index (χ3v) is 2.36. The minimum Gasteiger partial charge on any atom is -0.325 e. The Morgan fingerprint density at radius 3 is 2.62 bits per heavy atom. The van der Waals surface area contributed by atoms with Crippen LogP contribution in [0.2, 0.25) is 0 Å². The van der Waals surface area contributed by atoms with Crippen LogP contribution in [0, 0.1) is 0 Å². The van der Waals surface area contributed by atoms with E-state index >= 15 is 0 Å². The van der Waals surface area contributed by atoms with Crippen molar-refractivity contribution in [2.75, 3.05) is 0 Å². The van der Waals surface area contributed by atoms with Crippen LogP contribution < -0.4 is 5.73 Å². The maximum Gasteiger partial charge on any atom is 0.131 e. The van der Waals surface area contributed by atoms with Gasteiger partial charge in [0, 0.05) is 18.2 Å². The molecule has 0 aromatic carbocycles. The number of aryl methyl sites for hydroxylation is 1. The summed E-state index contributed by atoms with van der Waals surface area (Å²) in [7, 11) is 0. The SMILES string of the molecule is CCc1cc(CN)nc(C2CC2)n1. The number of hydrogen-bond acceptors (Lipinski definition) is 3. The lowest BCUT2D eigenvalue weighted by Crippen LogP contribution is -2.06. The van der Waals surface area contributed by atoms with Gasteiger partial charge in [0.1, 0.15) is 5.82 Å². The highest BCUT2D eigenvalue weighted by atomic mass is 14.9. The van der Waals surface area contributed by atoms with E-state index in [1.54, 1.807) is 0 Å². The van der Waals surface area contributed by atoms with Crippen molar-refractivity contribution < 1.29 is 0 Å². The van der Waals surface area contributed by atoms with Gasteiger partial charge in [0.05, 0.1) is 5.69 Å². The Kier molecular flexibility index (Phi) is 2.27. The number of nitrogens with two attached hydrogens (primary N) is 1. The van der Waals surface area contributed by atoms with E-state index in [0.717, 1.165) is 23.6 Å². The summed E-state index contributed by atoms with van der Waals surface area (Å²) in [4.78, 5) is 8.92. The lowest BCUT2D eigenvalue weighted by molar-refractivity contribution is 0.832. The predicted octanol–water partition coefficient (Wildman–Crippen LogP) is 1.38. The smallest absolute Gasteiger partial charge is 0.131 e. The van der Waals surface area contributed by atoms with Crippen LogP contribution >= 0.6 is 0 Å². The van der Waals surface area contributed by atoms with Crippen LogP contribution in [0.3, 0.4) is 0 Å². The van der Waals surface area contributed by atoms with Crippen LogP contribution in [0.15, 0.2) is 6.07 Å². The zero-order chi connectivity index (χ0) is 9.26. The molecule has 0 amide bonds. The fourth-order valence-corrected chi connectivity index (χ4v) is 1.39. The Balaban J connectivity index is 2.33. The topological polar surface area (TPSA) is 51.8 Å². The molecule has 0 radical (unpaired) electrons. The molecule has 0 spiro atoms. The Morgan fingerprint density at radius 2 is 2.08 bits per heavy atom. The fourth-order valence-electron chi connectivity index (χ4n) is 1.39. The van der Waals surface area contributed by atoms with Gasteiger partial charge in [-0.1, -0.05) is 6.92 Å². The van der Waals surface area contributed by atoms with Gasteiger partial charge < -0.3 is 5.73 Å². The van der Waals surface area contributed by atoms with Crippen molar-refractivity contribution in [1.82, 2.24) is 9.97 Å². The van der Waals surface area contributed by atoms with Gasteiger partial charge in [-0.15, -0.1) is 0 Å². The van der Waals surface area contributed by atoms with Crippen LogP contribution in [0.1, 0.15) is 42.9 Å². The summed E-state index contributed by atoms with van der Waals surface area (Å²) in [5.41, 5.74) is 7.68. The summed E-state index contributed by atoms with van der Waals surface area (Å²) in [5, 5.41) is 0. The molecule has 0 aliphatic heterocycles. The summed E-state index contributed by atoms with van der Waals surface area (Å²) in [6, 6.07) is 2.01. The molecule has 0 atom stereocenters. The first-order valence-corrected chi connectivity index (χ1v) is 4.90. The maximum atomic E-state index is 5.57. The maximum absolute atomic E-state index is 5.57. The van der Waals surface area contributed by atoms with Gasteiger partial charge in [-0.25, -0.2) is 9.97 Å². The summed E-state index contributed by atoms with van der Waals surface area (Å²) < 4.78 is 0. The normalized spacial score (nSPS) is 16.2. The average molecular weight is 177 g/mol. The zero-order valence-corrected chi connectivity index (χ0v) is 7.95. The van der Waals surface area contributed by atoms with Crippen molar-refractivity contribution in [2.24, 2.45) is 5.73 Å². The summed E-state index contributed by atoms with van der Waals surface area (Å²) in [5.74, 6) is 1.64. The molecule has 0 unspecified atom stereocenters. The highest BCUT2D eigenvalue weighted by Crippen LogP contribution is 2.38. The molecule has 1 aliphatic rings. The van der Waals surface area contributed by atoms with Gasteiger partial charge in [-0.2, -0.15) is 0 Å². The highest BCUT2D eigenvalue weighted by Gasteiger charge is 2.26. The molecular weight excluding hydrogens is 162 g/mol. The first-order valence-electron chi connectivity index (χ1n) is 4.90. The Hall–Kier alpha value is -0.960. The van der Waals surface area contributed by atoms with Crippen molar-refractivity contribution in [1.29, 1.82) is 0 Å². The first-order chi connectivity index (χ1) is 6.33. The number of hydrogen-bond donors (Lipinski definition) is 1. The third-order valence-electron chi connectivity index (χ3n) is 2.36. The van der Waals surface area contributed by atoms with Crippen molar-refractivity contribution in [3.63, 3.8) is 0 Å². The van der Waals surface area contributed by atoms with Crippen molar-refractivity contribution >= 4 is 0 Å². The number of rotatable bonds is 3. The van der Waals surface area contributed by atoms with Crippen LogP contribution in [0.4, 0.5) is 0 Å². The van der Waals surface area contributed by atoms with Crippen LogP contribution in [-0.2, 0) is 13.0 Å². The zero-order valence-electron chi connectivity index (χ0n) is 7.95. The van der Waals surface area contributed by atoms with Gasteiger partial charge in [0.25, 0.3) is 0 Å². The second-order valence-corrected chi connectivity index (χ2v) is 3.54. The molecule has 2 N–H and O–H groups in total. The summed E-state index contributed by atoms with van der Waals surface area (Å²) in [6.07, 6.45) is 3.46. The molecule has 1 aromatic heterocycles. The predicted molar refractivity (Wildman–Crippen MR) is 51.3 cm³/mol. The van der Waals surface area contributed by atoms with E-state index < -0.39 is 0 Å². The minimum atomic E-state index is 0.523. The molecular formula is C10H15N3. The van der Waals surface area contributed by atoms with E-state index in [0.29, 0.717) is 12.5 Å². The van der Waals surface area contributed by atoms with E-state index in [9.17, 15) is 0 Å². The average Bonchev–Trinajstić information content (AvgIpc) is 3.00. The third kappa shape index (κ3) is 1.86. The lowest BCUT2D eigenvalue weighted by Gasteiger charge is -2.03. The molecule has 0 saturated heterocycles. The first kappa shape index (κ1) is 8.63. The quantitative estimate of drug-likeness (QED) is 0.758. The molecule has 0 bridgehead atoms. The van der Waals surface area contributed by atoms with Crippen molar-refractivity contribution in [3.8, 4) is 0 Å². The molecule has 3 nitrogen and oxygen atoms in total. The van der Waals surface area contributed by atoms with Gasteiger partial charge >= 0.3 is 0 Å². The Labute approximate surface area is 78.4 Å². The Bertz CT molecular complexity index is 283. The number of aromatic nitrogens is 2. The molecule has 1 fully saturated rings. The fraction of sp³-hybridized carbons (Fsp3) is 0.600. The molecule has 3 heteroatoms. The molecule has 1 aliphatic carbocycles. The molecule has 13 heavy (non-hydrogen) atoms. The summed E-state index contributed by atoms with van der Waals surface area (Å²) >= 11 is 0. The van der Waals surface area contributed by atoms with Gasteiger partial charge in [-0.3, -0.25) is 0 Å². The lowest BCUT2D eigenvalue weighted by atomic mass is 10.2. The largest absolute Gasteiger partial charge is 0.325 e. The van der Waals surface area contributed by atoms with E-state index in [4.69, 9.17) is 5.73 Å². The molecule has 1 aromatic rings. The van der Waals surface area contributed by atoms with Crippen LogP contribution in [0.25, 0.3) is 0 Å². The van der Waals surface area contributed by atoms with Crippen LogP contribution in [-0.4, -0.2) is 9.97 Å². The molecule has 2 rings (SSSR count). The van der Waals surface area contributed by atoms with E-state index in [-0.39, 0.29) is 0 Å². The van der Waals surface area contributed by atoms with Gasteiger partial charge in [0.15, 0.2) is 0 Å². The minimum absolute atomic E-state index is 0.523. The van der Waals surface area contributed by atoms with Crippen LogP contribution in [0.5, 0.6) is 0 Å². The van der Waals surface area contributed by atoms with E-state index in [1.807, 2.05) is 6.07 Å². The molecule has 70 valence electrons. The van der Waals surface area contributed by atoms with Gasteiger partial charge in [0.2, 0.25) is 0 Å². The van der Waals surface area contributed by atoms with E-state index in [2.05, 4.69) is 16.9 Å². The second-order valence-electron chi connectivity index (χ2n) is 3.54. The Morgan fingerprint density at radius 1 is 1.38 bits per heavy atom. The number of nitrogens with zero attached hydrogens (tertiary/aromatic N) is 2. The standard InChI is InChI=1S/C10H15N3/c1-2-8-5-9(6-11)13-10(12-8)7-3-4-7/h5,7H,2-4,6,11H2,1H3. The van der Waals surface area contributed by atoms with Gasteiger partial charge in [-0.05, 0) is 25.3 Å². The molecule has 1 heterocycles. The highest BCUT2D eigenvalue weighted by molar-refractivity contribution is 5.15. The van der Waals surface area contributed by atoms with E-state index in [1.165, 1.54) is 12.8 Å². The van der Waals surface area contributed by atoms with Crippen molar-refractivity contribution in [3.05, 3.63) is 23.3 Å². The summed E-state index contributed by atoms with van der Waals surface area (Å²) in [6.45, 7) is 2.63. The molecule has 1 saturated carbocycles.